The smallest absolute Gasteiger partial charge is 0.434 e. The first-order chi connectivity index (χ1) is 7.20. The van der Waals surface area contributed by atoms with Crippen LogP contribution in [0.1, 0.15) is 0 Å². The normalized spacial score (nSPS) is 10.3. The van der Waals surface area contributed by atoms with Crippen molar-refractivity contribution in [2.45, 2.75) is 0 Å². The fraction of sp³-hybridized carbons (Fsp3) is 0.111. The van der Waals surface area contributed by atoms with Crippen LogP contribution in [-0.4, -0.2) is 17.3 Å². The van der Waals surface area contributed by atoms with Crippen LogP contribution in [0.5, 0.6) is 5.75 Å². The number of methoxy groups -OCH3 is 1. The van der Waals surface area contributed by atoms with Gasteiger partial charge in [-0.3, -0.25) is 0 Å². The lowest BCUT2D eigenvalue weighted by Gasteiger charge is -2.03. The number of nitrogens with zero attached hydrogens (tertiary/aromatic N) is 1. The van der Waals surface area contributed by atoms with Crippen LogP contribution in [0.25, 0.3) is 11.5 Å². The molecule has 0 bridgehead atoms. The van der Waals surface area contributed by atoms with Gasteiger partial charge in [0.05, 0.1) is 11.6 Å². The molecule has 1 aromatic heterocycles. The predicted octanol–water partition coefficient (Wildman–Crippen LogP) is 1.80. The molecule has 5 nitrogen and oxygen atoms in total. The summed E-state index contributed by atoms with van der Waals surface area (Å²) in [6.45, 7) is 0. The van der Waals surface area contributed by atoms with Crippen LogP contribution in [0.15, 0.2) is 31.9 Å². The van der Waals surface area contributed by atoms with Crippen molar-refractivity contribution in [3.05, 3.63) is 33.2 Å². The molecule has 0 aliphatic rings. The second kappa shape index (κ2) is 3.90. The maximum atomic E-state index is 10.8. The molecule has 2 rings (SSSR count). The second-order valence-corrected chi connectivity index (χ2v) is 3.62. The van der Waals surface area contributed by atoms with Gasteiger partial charge in [0.1, 0.15) is 5.75 Å². The van der Waals surface area contributed by atoms with Gasteiger partial charge in [-0.2, -0.15) is 0 Å². The van der Waals surface area contributed by atoms with Crippen LogP contribution in [0.2, 0.25) is 0 Å². The molecular formula is C9H7BrN2O3. The first kappa shape index (κ1) is 9.97. The van der Waals surface area contributed by atoms with Gasteiger partial charge < -0.3 is 9.15 Å². The SMILES string of the molecule is COc1ccc(-c2n[nH]c(=O)o2)cc1Br. The Kier molecular flexibility index (Phi) is 2.59. The molecule has 2 aromatic rings. The van der Waals surface area contributed by atoms with Crippen molar-refractivity contribution < 1.29 is 9.15 Å². The molecule has 0 unspecified atom stereocenters. The minimum atomic E-state index is -0.572. The minimum Gasteiger partial charge on any atom is -0.496 e. The molecule has 1 aromatic carbocycles. The molecule has 1 heterocycles. The molecule has 0 saturated carbocycles. The number of benzene rings is 1. The quantitative estimate of drug-likeness (QED) is 0.904. The van der Waals surface area contributed by atoms with Gasteiger partial charge in [-0.05, 0) is 34.1 Å². The number of aromatic nitrogens is 2. The number of rotatable bonds is 2. The van der Waals surface area contributed by atoms with Crippen LogP contribution in [0, 0.1) is 0 Å². The highest BCUT2D eigenvalue weighted by Crippen LogP contribution is 2.29. The highest BCUT2D eigenvalue weighted by molar-refractivity contribution is 9.10. The van der Waals surface area contributed by atoms with Crippen molar-refractivity contribution in [1.29, 1.82) is 0 Å². The van der Waals surface area contributed by atoms with E-state index in [1.54, 1.807) is 25.3 Å². The summed E-state index contributed by atoms with van der Waals surface area (Å²) in [6.07, 6.45) is 0. The summed E-state index contributed by atoms with van der Waals surface area (Å²) >= 11 is 3.33. The number of hydrogen-bond acceptors (Lipinski definition) is 4. The molecule has 0 amide bonds. The lowest BCUT2D eigenvalue weighted by atomic mass is 10.2. The number of ether oxygens (including phenoxy) is 1. The average molecular weight is 271 g/mol. The summed E-state index contributed by atoms with van der Waals surface area (Å²) in [4.78, 5) is 10.8. The molecule has 0 spiro atoms. The Bertz CT molecular complexity index is 532. The Balaban J connectivity index is 2.46. The van der Waals surface area contributed by atoms with Crippen molar-refractivity contribution in [2.75, 3.05) is 7.11 Å². The van der Waals surface area contributed by atoms with Crippen molar-refractivity contribution in [3.8, 4) is 17.2 Å². The molecular weight excluding hydrogens is 264 g/mol. The minimum absolute atomic E-state index is 0.253. The summed E-state index contributed by atoms with van der Waals surface area (Å²) in [5.74, 6) is 0.386. The number of H-pyrrole nitrogens is 1. The molecule has 0 aliphatic carbocycles. The molecule has 0 aliphatic heterocycles. The van der Waals surface area contributed by atoms with E-state index in [-0.39, 0.29) is 5.89 Å². The zero-order chi connectivity index (χ0) is 10.8. The number of hydrogen-bond donors (Lipinski definition) is 1. The van der Waals surface area contributed by atoms with Crippen molar-refractivity contribution in [1.82, 2.24) is 10.2 Å². The highest BCUT2D eigenvalue weighted by atomic mass is 79.9. The maximum absolute atomic E-state index is 10.8. The molecule has 78 valence electrons. The molecule has 0 atom stereocenters. The summed E-state index contributed by atoms with van der Waals surface area (Å²) < 4.78 is 10.7. The zero-order valence-corrected chi connectivity index (χ0v) is 9.37. The Morgan fingerprint density at radius 2 is 2.33 bits per heavy atom. The van der Waals surface area contributed by atoms with E-state index in [0.717, 1.165) is 4.47 Å². The largest absolute Gasteiger partial charge is 0.496 e. The van der Waals surface area contributed by atoms with Gasteiger partial charge in [-0.25, -0.2) is 9.89 Å². The van der Waals surface area contributed by atoms with E-state index < -0.39 is 5.76 Å². The number of halogens is 1. The van der Waals surface area contributed by atoms with E-state index in [9.17, 15) is 4.79 Å². The maximum Gasteiger partial charge on any atom is 0.434 e. The van der Waals surface area contributed by atoms with Crippen molar-refractivity contribution >= 4 is 15.9 Å². The van der Waals surface area contributed by atoms with Gasteiger partial charge in [0.2, 0.25) is 5.89 Å². The van der Waals surface area contributed by atoms with Crippen LogP contribution >= 0.6 is 15.9 Å². The van der Waals surface area contributed by atoms with Crippen molar-refractivity contribution in [2.24, 2.45) is 0 Å². The van der Waals surface area contributed by atoms with E-state index >= 15 is 0 Å². The monoisotopic (exact) mass is 270 g/mol. The van der Waals surface area contributed by atoms with Gasteiger partial charge in [0.15, 0.2) is 0 Å². The molecule has 0 radical (unpaired) electrons. The van der Waals surface area contributed by atoms with E-state index in [0.29, 0.717) is 11.3 Å². The summed E-state index contributed by atoms with van der Waals surface area (Å²) in [5.41, 5.74) is 0.695. The molecule has 15 heavy (non-hydrogen) atoms. The third-order valence-corrected chi connectivity index (χ3v) is 2.46. The van der Waals surface area contributed by atoms with Crippen LogP contribution in [-0.2, 0) is 0 Å². The summed E-state index contributed by atoms with van der Waals surface area (Å²) in [5, 5.41) is 5.91. The van der Waals surface area contributed by atoms with E-state index in [1.807, 2.05) is 0 Å². The fourth-order valence-corrected chi connectivity index (χ4v) is 1.69. The van der Waals surface area contributed by atoms with Crippen LogP contribution < -0.4 is 10.5 Å². The first-order valence-corrected chi connectivity index (χ1v) is 4.89. The van der Waals surface area contributed by atoms with Gasteiger partial charge in [-0.15, -0.1) is 5.10 Å². The molecule has 1 N–H and O–H groups in total. The average Bonchev–Trinajstić information content (AvgIpc) is 2.65. The summed E-state index contributed by atoms with van der Waals surface area (Å²) in [7, 11) is 1.58. The highest BCUT2D eigenvalue weighted by Gasteiger charge is 2.07. The third-order valence-electron chi connectivity index (χ3n) is 1.84. The Morgan fingerprint density at radius 1 is 1.53 bits per heavy atom. The molecule has 0 saturated heterocycles. The third kappa shape index (κ3) is 1.94. The Hall–Kier alpha value is -1.56. The van der Waals surface area contributed by atoms with E-state index in [1.165, 1.54) is 0 Å². The Morgan fingerprint density at radius 3 is 2.87 bits per heavy atom. The fourth-order valence-electron chi connectivity index (χ4n) is 1.15. The molecule has 0 fully saturated rings. The topological polar surface area (TPSA) is 68.1 Å². The number of aromatic amines is 1. The molecule has 6 heteroatoms. The summed E-state index contributed by atoms with van der Waals surface area (Å²) in [6, 6.07) is 5.27. The Labute approximate surface area is 93.2 Å². The van der Waals surface area contributed by atoms with Crippen molar-refractivity contribution in [3.63, 3.8) is 0 Å². The zero-order valence-electron chi connectivity index (χ0n) is 7.78. The predicted molar refractivity (Wildman–Crippen MR) is 56.8 cm³/mol. The van der Waals surface area contributed by atoms with Crippen LogP contribution in [0.4, 0.5) is 0 Å². The second-order valence-electron chi connectivity index (χ2n) is 2.77. The lowest BCUT2D eigenvalue weighted by Crippen LogP contribution is -1.93. The lowest BCUT2D eigenvalue weighted by molar-refractivity contribution is 0.412. The van der Waals surface area contributed by atoms with Gasteiger partial charge in [0, 0.05) is 5.56 Å². The van der Waals surface area contributed by atoms with E-state index in [4.69, 9.17) is 9.15 Å². The van der Waals surface area contributed by atoms with E-state index in [2.05, 4.69) is 26.1 Å². The number of nitrogens with one attached hydrogen (secondary N) is 1. The standard InChI is InChI=1S/C9H7BrN2O3/c1-14-7-3-2-5(4-6(7)10)8-11-12-9(13)15-8/h2-4H,1H3,(H,12,13). The van der Waals surface area contributed by atoms with Gasteiger partial charge in [0.25, 0.3) is 0 Å². The van der Waals surface area contributed by atoms with Gasteiger partial charge >= 0.3 is 5.76 Å². The van der Waals surface area contributed by atoms with Gasteiger partial charge in [-0.1, -0.05) is 0 Å². The first-order valence-electron chi connectivity index (χ1n) is 4.10. The van der Waals surface area contributed by atoms with Crippen LogP contribution in [0.3, 0.4) is 0 Å².